The molecule has 4 heteroatoms. The minimum absolute atomic E-state index is 0.417. The number of benzene rings is 1. The summed E-state index contributed by atoms with van der Waals surface area (Å²) in [6, 6.07) is 13.7. The Morgan fingerprint density at radius 2 is 1.59 bits per heavy atom. The lowest BCUT2D eigenvalue weighted by molar-refractivity contribution is 0.195. The average molecular weight is 299 g/mol. The number of nitrogens with zero attached hydrogens (tertiary/aromatic N) is 1. The molecule has 0 spiro atoms. The Morgan fingerprint density at radius 3 is 2.27 bits per heavy atom. The largest absolute Gasteiger partial charge is 0.464 e. The van der Waals surface area contributed by atoms with Gasteiger partial charge in [0.15, 0.2) is 0 Å². The van der Waals surface area contributed by atoms with Crippen LogP contribution in [0.1, 0.15) is 36.8 Å². The average Bonchev–Trinajstić information content (AvgIpc) is 2.53. The van der Waals surface area contributed by atoms with E-state index in [2.05, 4.69) is 24.3 Å². The Hall–Kier alpha value is -2.36. The van der Waals surface area contributed by atoms with Crippen LogP contribution in [-0.4, -0.2) is 15.8 Å². The topological polar surface area (TPSA) is 59.3 Å². The molecule has 2 aromatic rings. The van der Waals surface area contributed by atoms with E-state index >= 15 is 0 Å². The zero-order valence-corrected chi connectivity index (χ0v) is 12.6. The van der Waals surface area contributed by atoms with Gasteiger partial charge in [-0.3, -0.25) is 4.79 Å². The highest BCUT2D eigenvalue weighted by atomic mass is 16.4. The van der Waals surface area contributed by atoms with E-state index in [-0.39, 0.29) is 0 Å². The van der Waals surface area contributed by atoms with Gasteiger partial charge in [0.25, 0.3) is 5.56 Å². The van der Waals surface area contributed by atoms with Gasteiger partial charge in [0, 0.05) is 11.8 Å². The monoisotopic (exact) mass is 299 g/mol. The van der Waals surface area contributed by atoms with E-state index in [1.807, 2.05) is 6.07 Å². The van der Waals surface area contributed by atoms with Gasteiger partial charge >= 0.3 is 6.09 Å². The molecule has 1 N–H and O–H groups in total. The van der Waals surface area contributed by atoms with Gasteiger partial charge in [0.05, 0.1) is 0 Å². The van der Waals surface area contributed by atoms with Gasteiger partial charge in [-0.2, -0.15) is 0 Å². The number of rotatable bonds is 7. The Balaban J connectivity index is 1.72. The molecule has 0 aliphatic carbocycles. The molecule has 2 rings (SSSR count). The van der Waals surface area contributed by atoms with Crippen molar-refractivity contribution in [1.29, 1.82) is 0 Å². The van der Waals surface area contributed by atoms with Crippen molar-refractivity contribution >= 4 is 6.09 Å². The molecule has 0 radical (unpaired) electrons. The summed E-state index contributed by atoms with van der Waals surface area (Å²) in [5, 5.41) is 8.90. The number of unbranched alkanes of at least 4 members (excludes halogenated alkanes) is 3. The molecule has 4 nitrogen and oxygen atoms in total. The Morgan fingerprint density at radius 1 is 0.909 bits per heavy atom. The van der Waals surface area contributed by atoms with Crippen molar-refractivity contribution < 1.29 is 9.90 Å². The second-order valence-electron chi connectivity index (χ2n) is 5.39. The van der Waals surface area contributed by atoms with Crippen LogP contribution >= 0.6 is 0 Å². The van der Waals surface area contributed by atoms with Crippen LogP contribution in [-0.2, 0) is 12.8 Å². The van der Waals surface area contributed by atoms with Crippen molar-refractivity contribution in [1.82, 2.24) is 4.57 Å². The maximum absolute atomic E-state index is 11.9. The maximum Gasteiger partial charge on any atom is 0.418 e. The van der Waals surface area contributed by atoms with Crippen molar-refractivity contribution in [3.63, 3.8) is 0 Å². The van der Waals surface area contributed by atoms with Crippen LogP contribution in [0, 0.1) is 0 Å². The van der Waals surface area contributed by atoms with Gasteiger partial charge in [-0.05, 0) is 37.3 Å². The molecule has 0 unspecified atom stereocenters. The lowest BCUT2D eigenvalue weighted by atomic mass is 10.0. The second kappa shape index (κ2) is 8.17. The molecular weight excluding hydrogens is 278 g/mol. The Labute approximate surface area is 130 Å². The predicted molar refractivity (Wildman–Crippen MR) is 86.4 cm³/mol. The third kappa shape index (κ3) is 4.58. The minimum Gasteiger partial charge on any atom is -0.464 e. The zero-order valence-electron chi connectivity index (χ0n) is 12.6. The maximum atomic E-state index is 11.9. The summed E-state index contributed by atoms with van der Waals surface area (Å²) in [6.45, 7) is 0. The number of aromatic nitrogens is 1. The number of pyridine rings is 1. The predicted octanol–water partition coefficient (Wildman–Crippen LogP) is 3.72. The van der Waals surface area contributed by atoms with Crippen molar-refractivity contribution in [3.8, 4) is 0 Å². The highest BCUT2D eigenvalue weighted by Gasteiger charge is 2.07. The molecule has 1 heterocycles. The Kier molecular flexibility index (Phi) is 5.95. The van der Waals surface area contributed by atoms with Gasteiger partial charge in [-0.15, -0.1) is 0 Å². The summed E-state index contributed by atoms with van der Waals surface area (Å²) in [7, 11) is 0. The summed E-state index contributed by atoms with van der Waals surface area (Å²) in [4.78, 5) is 22.8. The van der Waals surface area contributed by atoms with Crippen LogP contribution in [0.4, 0.5) is 4.79 Å². The van der Waals surface area contributed by atoms with E-state index in [1.54, 1.807) is 12.1 Å². The van der Waals surface area contributed by atoms with Gasteiger partial charge in [-0.25, -0.2) is 9.36 Å². The standard InChI is InChI=1S/C18H21NO3/c20-17-16(13-8-14-19(17)18(21)22)12-7-2-1-4-9-15-10-5-3-6-11-15/h3,5-6,8,10-11,13-14H,1-2,4,7,9,12H2,(H,21,22). The number of hydrogen-bond acceptors (Lipinski definition) is 2. The first-order valence-electron chi connectivity index (χ1n) is 7.66. The first-order chi connectivity index (χ1) is 10.7. The fourth-order valence-electron chi connectivity index (χ4n) is 2.52. The summed E-state index contributed by atoms with van der Waals surface area (Å²) < 4.78 is 0.741. The van der Waals surface area contributed by atoms with Crippen molar-refractivity contribution in [3.05, 3.63) is 70.1 Å². The third-order valence-corrected chi connectivity index (χ3v) is 3.74. The van der Waals surface area contributed by atoms with Crippen LogP contribution in [0.2, 0.25) is 0 Å². The molecular formula is C18H21NO3. The van der Waals surface area contributed by atoms with Crippen LogP contribution in [0.25, 0.3) is 0 Å². The quantitative estimate of drug-likeness (QED) is 0.793. The van der Waals surface area contributed by atoms with E-state index in [4.69, 9.17) is 5.11 Å². The number of hydrogen-bond donors (Lipinski definition) is 1. The van der Waals surface area contributed by atoms with Gasteiger partial charge in [-0.1, -0.05) is 49.2 Å². The summed E-state index contributed by atoms with van der Waals surface area (Å²) in [5.74, 6) is 0. The molecule has 0 atom stereocenters. The molecule has 0 amide bonds. The summed E-state index contributed by atoms with van der Waals surface area (Å²) in [6.07, 6.45) is 5.99. The van der Waals surface area contributed by atoms with Crippen molar-refractivity contribution in [2.45, 2.75) is 38.5 Å². The first kappa shape index (κ1) is 16.0. The molecule has 22 heavy (non-hydrogen) atoms. The van der Waals surface area contributed by atoms with Crippen LogP contribution in [0.5, 0.6) is 0 Å². The van der Waals surface area contributed by atoms with Crippen LogP contribution in [0.3, 0.4) is 0 Å². The fourth-order valence-corrected chi connectivity index (χ4v) is 2.52. The molecule has 1 aromatic heterocycles. The summed E-state index contributed by atoms with van der Waals surface area (Å²) in [5.41, 5.74) is 1.52. The molecule has 0 aliphatic heterocycles. The number of aryl methyl sites for hydroxylation is 2. The molecule has 0 bridgehead atoms. The highest BCUT2D eigenvalue weighted by Crippen LogP contribution is 2.09. The molecule has 0 saturated heterocycles. The molecule has 1 aromatic carbocycles. The van der Waals surface area contributed by atoms with Crippen LogP contribution in [0.15, 0.2) is 53.5 Å². The lowest BCUT2D eigenvalue weighted by Gasteiger charge is -2.04. The molecule has 0 aliphatic rings. The third-order valence-electron chi connectivity index (χ3n) is 3.74. The fraction of sp³-hybridized carbons (Fsp3) is 0.333. The highest BCUT2D eigenvalue weighted by molar-refractivity contribution is 5.67. The number of carboxylic acid groups (broad SMARTS) is 1. The molecule has 0 saturated carbocycles. The summed E-state index contributed by atoms with van der Waals surface area (Å²) >= 11 is 0. The Bertz CT molecular complexity index is 662. The van der Waals surface area contributed by atoms with Gasteiger partial charge in [0.1, 0.15) is 0 Å². The second-order valence-corrected chi connectivity index (χ2v) is 5.39. The molecule has 0 fully saturated rings. The normalized spacial score (nSPS) is 10.5. The van der Waals surface area contributed by atoms with E-state index in [0.717, 1.165) is 36.7 Å². The number of carbonyl (C=O) groups is 1. The van der Waals surface area contributed by atoms with Crippen molar-refractivity contribution in [2.24, 2.45) is 0 Å². The van der Waals surface area contributed by atoms with E-state index in [9.17, 15) is 9.59 Å². The lowest BCUT2D eigenvalue weighted by Crippen LogP contribution is -2.27. The smallest absolute Gasteiger partial charge is 0.418 e. The van der Waals surface area contributed by atoms with Gasteiger partial charge < -0.3 is 5.11 Å². The van der Waals surface area contributed by atoms with E-state index < -0.39 is 11.7 Å². The van der Waals surface area contributed by atoms with E-state index in [0.29, 0.717) is 12.0 Å². The SMILES string of the molecule is O=C(O)n1cccc(CCCCCCc2ccccc2)c1=O. The van der Waals surface area contributed by atoms with Crippen molar-refractivity contribution in [2.75, 3.05) is 0 Å². The minimum atomic E-state index is -1.23. The van der Waals surface area contributed by atoms with Gasteiger partial charge in [0.2, 0.25) is 0 Å². The first-order valence-corrected chi connectivity index (χ1v) is 7.66. The van der Waals surface area contributed by atoms with Crippen LogP contribution < -0.4 is 5.56 Å². The zero-order chi connectivity index (χ0) is 15.8. The molecule has 116 valence electrons. The van der Waals surface area contributed by atoms with E-state index in [1.165, 1.54) is 11.8 Å².